The fourth-order valence-corrected chi connectivity index (χ4v) is 1.17. The quantitative estimate of drug-likeness (QED) is 0.343. The van der Waals surface area contributed by atoms with Gasteiger partial charge in [-0.25, -0.2) is 10.6 Å². The molecule has 6 nitrogen and oxygen atoms in total. The molecular weight excluding hydrogens is 294 g/mol. The first kappa shape index (κ1) is 21.4. The molecule has 21 heavy (non-hydrogen) atoms. The van der Waals surface area contributed by atoms with Crippen LogP contribution in [-0.2, 0) is 9.53 Å². The topological polar surface area (TPSA) is 102 Å². The summed E-state index contributed by atoms with van der Waals surface area (Å²) in [5, 5.41) is 10.7. The lowest BCUT2D eigenvalue weighted by Crippen LogP contribution is -2.27. The Balaban J connectivity index is 0. The highest BCUT2D eigenvalue weighted by Crippen LogP contribution is 2.27. The van der Waals surface area contributed by atoms with Gasteiger partial charge in [0.05, 0.1) is 24.0 Å². The number of nitrogens with two attached hydrogens (primary N) is 2. The molecule has 0 fully saturated rings. The Morgan fingerprint density at radius 3 is 2.29 bits per heavy atom. The van der Waals surface area contributed by atoms with Gasteiger partial charge in [-0.1, -0.05) is 39.3 Å². The molecule has 0 atom stereocenters. The first-order valence-electron chi connectivity index (χ1n) is 6.53. The van der Waals surface area contributed by atoms with Crippen LogP contribution in [0.15, 0.2) is 30.1 Å². The molecule has 0 radical (unpaired) electrons. The first-order valence-corrected chi connectivity index (χ1v) is 6.91. The molecule has 0 saturated carbocycles. The van der Waals surface area contributed by atoms with E-state index in [0.717, 1.165) is 5.01 Å². The van der Waals surface area contributed by atoms with Crippen LogP contribution in [-0.4, -0.2) is 18.2 Å². The zero-order chi connectivity index (χ0) is 17.0. The maximum Gasteiger partial charge on any atom is 0.355 e. The Bertz CT molecular complexity index is 465. The smallest absolute Gasteiger partial charge is 0.355 e. The van der Waals surface area contributed by atoms with Crippen LogP contribution in [0.5, 0.6) is 5.75 Å². The number of nitrogens with zero attached hydrogens (tertiary/aromatic N) is 1. The third kappa shape index (κ3) is 7.43. The summed E-state index contributed by atoms with van der Waals surface area (Å²) >= 11 is 5.64. The lowest BCUT2D eigenvalue weighted by Gasteiger charge is -2.15. The van der Waals surface area contributed by atoms with Gasteiger partial charge >= 0.3 is 5.97 Å². The minimum absolute atomic E-state index is 0.121. The van der Waals surface area contributed by atoms with Crippen molar-refractivity contribution >= 4 is 23.3 Å². The van der Waals surface area contributed by atoms with Crippen molar-refractivity contribution in [2.45, 2.75) is 27.7 Å². The molecule has 1 aromatic carbocycles. The molecule has 5 N–H and O–H groups in total. The summed E-state index contributed by atoms with van der Waals surface area (Å²) in [5.74, 6) is 4.81. The molecule has 1 rings (SSSR count). The molecule has 0 heterocycles. The molecule has 0 aromatic heterocycles. The number of rotatable bonds is 3. The predicted octanol–water partition coefficient (Wildman–Crippen LogP) is 2.75. The van der Waals surface area contributed by atoms with E-state index in [-0.39, 0.29) is 16.5 Å². The second kappa shape index (κ2) is 11.9. The summed E-state index contributed by atoms with van der Waals surface area (Å²) in [5.41, 5.74) is 5.66. The SMILES string of the molecule is CC.CC.COC(=O)/C(N)=C/N(N)c1ccc(Cl)c(O)c1. The number of benzene rings is 1. The highest BCUT2D eigenvalue weighted by molar-refractivity contribution is 6.32. The van der Waals surface area contributed by atoms with Crippen LogP contribution >= 0.6 is 11.6 Å². The Labute approximate surface area is 130 Å². The largest absolute Gasteiger partial charge is 0.506 e. The number of esters is 1. The van der Waals surface area contributed by atoms with Crippen molar-refractivity contribution in [3.05, 3.63) is 35.1 Å². The van der Waals surface area contributed by atoms with E-state index in [4.69, 9.17) is 23.2 Å². The van der Waals surface area contributed by atoms with Crippen molar-refractivity contribution in [3.8, 4) is 5.75 Å². The van der Waals surface area contributed by atoms with Crippen LogP contribution in [0.25, 0.3) is 0 Å². The molecule has 0 saturated heterocycles. The second-order valence-electron chi connectivity index (χ2n) is 3.12. The summed E-state index contributed by atoms with van der Waals surface area (Å²) in [6.45, 7) is 8.00. The molecule has 0 amide bonds. The highest BCUT2D eigenvalue weighted by Gasteiger charge is 2.08. The maximum atomic E-state index is 11.0. The van der Waals surface area contributed by atoms with E-state index in [1.807, 2.05) is 27.7 Å². The van der Waals surface area contributed by atoms with Crippen molar-refractivity contribution < 1.29 is 14.6 Å². The van der Waals surface area contributed by atoms with Gasteiger partial charge in [0, 0.05) is 6.07 Å². The van der Waals surface area contributed by atoms with Gasteiger partial charge in [0.25, 0.3) is 0 Å². The average Bonchev–Trinajstić information content (AvgIpc) is 2.52. The zero-order valence-corrected chi connectivity index (χ0v) is 13.8. The fourth-order valence-electron chi connectivity index (χ4n) is 1.06. The fraction of sp³-hybridized carbons (Fsp3) is 0.357. The van der Waals surface area contributed by atoms with Gasteiger partial charge in [-0.3, -0.25) is 5.01 Å². The Hall–Kier alpha value is -1.92. The monoisotopic (exact) mass is 317 g/mol. The minimum Gasteiger partial charge on any atom is -0.506 e. The third-order valence-corrected chi connectivity index (χ3v) is 2.25. The molecule has 1 aromatic rings. The summed E-state index contributed by atoms with van der Waals surface area (Å²) in [6.07, 6.45) is 1.18. The maximum absolute atomic E-state index is 11.0. The lowest BCUT2D eigenvalue weighted by molar-refractivity contribution is -0.136. The van der Waals surface area contributed by atoms with Crippen LogP contribution in [0.4, 0.5) is 5.69 Å². The molecule has 120 valence electrons. The summed E-state index contributed by atoms with van der Waals surface area (Å²) in [4.78, 5) is 11.0. The van der Waals surface area contributed by atoms with Gasteiger partial charge in [-0.2, -0.15) is 0 Å². The number of carbonyl (C=O) groups excluding carboxylic acids is 1. The number of anilines is 1. The number of hydrazine groups is 1. The number of ether oxygens (including phenoxy) is 1. The number of hydrogen-bond acceptors (Lipinski definition) is 6. The molecule has 0 spiro atoms. The van der Waals surface area contributed by atoms with E-state index < -0.39 is 5.97 Å². The van der Waals surface area contributed by atoms with E-state index in [0.29, 0.717) is 5.69 Å². The zero-order valence-electron chi connectivity index (χ0n) is 13.1. The summed E-state index contributed by atoms with van der Waals surface area (Å²) in [7, 11) is 1.21. The number of halogens is 1. The van der Waals surface area contributed by atoms with Crippen LogP contribution < -0.4 is 16.6 Å². The summed E-state index contributed by atoms with van der Waals surface area (Å²) in [6, 6.07) is 4.36. The van der Waals surface area contributed by atoms with Crippen LogP contribution in [0.3, 0.4) is 0 Å². The average molecular weight is 318 g/mol. The second-order valence-corrected chi connectivity index (χ2v) is 3.53. The first-order chi connectivity index (χ1) is 9.95. The van der Waals surface area contributed by atoms with Gasteiger partial charge < -0.3 is 15.6 Å². The Kier molecular flexibility index (Phi) is 12.1. The molecule has 0 aliphatic heterocycles. The standard InChI is InChI=1S/C10H12ClN3O3.2C2H6/c1-17-10(16)8(12)5-14(13)6-2-3-7(11)9(15)4-6;2*1-2/h2-5,15H,12-13H2,1H3;2*1-2H3/b8-5-;;. The normalized spacial score (nSPS) is 9.57. The molecule has 7 heteroatoms. The van der Waals surface area contributed by atoms with Crippen molar-refractivity contribution in [1.82, 2.24) is 0 Å². The van der Waals surface area contributed by atoms with Crippen molar-refractivity contribution in [2.75, 3.05) is 12.1 Å². The van der Waals surface area contributed by atoms with Gasteiger partial charge in [-0.15, -0.1) is 0 Å². The van der Waals surface area contributed by atoms with E-state index in [9.17, 15) is 9.90 Å². The lowest BCUT2D eigenvalue weighted by atomic mass is 10.3. The van der Waals surface area contributed by atoms with Gasteiger partial charge in [0.2, 0.25) is 0 Å². The Morgan fingerprint density at radius 2 is 1.86 bits per heavy atom. The van der Waals surface area contributed by atoms with E-state index in [1.54, 1.807) is 6.07 Å². The highest BCUT2D eigenvalue weighted by atomic mass is 35.5. The van der Waals surface area contributed by atoms with Crippen molar-refractivity contribution in [3.63, 3.8) is 0 Å². The van der Waals surface area contributed by atoms with Crippen LogP contribution in [0.1, 0.15) is 27.7 Å². The molecular formula is C14H24ClN3O3. The van der Waals surface area contributed by atoms with Gasteiger partial charge in [0.1, 0.15) is 11.4 Å². The van der Waals surface area contributed by atoms with Crippen LogP contribution in [0, 0.1) is 0 Å². The van der Waals surface area contributed by atoms with Crippen molar-refractivity contribution in [2.24, 2.45) is 11.6 Å². The molecule has 0 unspecified atom stereocenters. The number of phenolic OH excluding ortho intramolecular Hbond substituents is 1. The number of carbonyl (C=O) groups is 1. The number of hydrogen-bond donors (Lipinski definition) is 3. The summed E-state index contributed by atoms with van der Waals surface area (Å²) < 4.78 is 4.41. The van der Waals surface area contributed by atoms with Gasteiger partial charge in [-0.05, 0) is 12.1 Å². The van der Waals surface area contributed by atoms with E-state index >= 15 is 0 Å². The van der Waals surface area contributed by atoms with Gasteiger partial charge in [0.15, 0.2) is 0 Å². The molecule has 0 aliphatic carbocycles. The third-order valence-electron chi connectivity index (χ3n) is 1.93. The molecule has 0 aliphatic rings. The Morgan fingerprint density at radius 1 is 1.33 bits per heavy atom. The van der Waals surface area contributed by atoms with Crippen LogP contribution in [0.2, 0.25) is 5.02 Å². The van der Waals surface area contributed by atoms with E-state index in [2.05, 4.69) is 4.74 Å². The van der Waals surface area contributed by atoms with E-state index in [1.165, 1.54) is 25.4 Å². The number of phenols is 1. The number of methoxy groups -OCH3 is 1. The predicted molar refractivity (Wildman–Crippen MR) is 86.8 cm³/mol. The van der Waals surface area contributed by atoms with Crippen molar-refractivity contribution in [1.29, 1.82) is 0 Å². The minimum atomic E-state index is -0.696. The molecule has 0 bridgehead atoms. The number of aromatic hydroxyl groups is 1.